The molecule has 2 rings (SSSR count). The average Bonchev–Trinajstić information content (AvgIpc) is 2.71. The van der Waals surface area contributed by atoms with Crippen molar-refractivity contribution >= 4 is 5.97 Å². The number of carboxylic acid groups (broad SMARTS) is 1. The van der Waals surface area contributed by atoms with Gasteiger partial charge in [0.2, 0.25) is 5.82 Å². The van der Waals surface area contributed by atoms with Crippen LogP contribution in [0.2, 0.25) is 0 Å². The van der Waals surface area contributed by atoms with Gasteiger partial charge in [-0.25, -0.2) is 19.7 Å². The minimum absolute atomic E-state index is 0.259. The molecule has 0 atom stereocenters. The molecule has 0 saturated carbocycles. The van der Waals surface area contributed by atoms with Crippen LogP contribution in [0.4, 0.5) is 0 Å². The predicted molar refractivity (Wildman–Crippen MR) is 44.5 cm³/mol. The van der Waals surface area contributed by atoms with Crippen molar-refractivity contribution in [2.75, 3.05) is 0 Å². The Labute approximate surface area is 78.3 Å². The van der Waals surface area contributed by atoms with Gasteiger partial charge in [-0.3, -0.25) is 0 Å². The predicted octanol–water partition coefficient (Wildman–Crippen LogP) is 0.830. The van der Waals surface area contributed by atoms with E-state index in [1.807, 2.05) is 0 Å². The topological polar surface area (TPSA) is 89.1 Å². The number of carbonyl (C=O) groups is 1. The maximum absolute atomic E-state index is 10.6. The van der Waals surface area contributed by atoms with Gasteiger partial charge >= 0.3 is 5.97 Å². The number of hydrogen-bond donors (Lipinski definition) is 1. The highest BCUT2D eigenvalue weighted by Crippen LogP contribution is 2.12. The summed E-state index contributed by atoms with van der Waals surface area (Å²) < 4.78 is 4.75. The van der Waals surface area contributed by atoms with Gasteiger partial charge in [-0.15, -0.1) is 0 Å². The summed E-state index contributed by atoms with van der Waals surface area (Å²) in [5.41, 5.74) is 0.904. The van der Waals surface area contributed by atoms with Crippen LogP contribution < -0.4 is 0 Å². The van der Waals surface area contributed by atoms with Crippen LogP contribution in [0.5, 0.6) is 0 Å². The zero-order valence-corrected chi connectivity index (χ0v) is 6.91. The van der Waals surface area contributed by atoms with Crippen molar-refractivity contribution in [3.05, 3.63) is 30.7 Å². The Morgan fingerprint density at radius 1 is 1.36 bits per heavy atom. The van der Waals surface area contributed by atoms with Gasteiger partial charge in [0.1, 0.15) is 12.0 Å². The number of oxazole rings is 1. The average molecular weight is 191 g/mol. The van der Waals surface area contributed by atoms with Crippen LogP contribution in [0.1, 0.15) is 10.6 Å². The summed E-state index contributed by atoms with van der Waals surface area (Å²) in [6.07, 6.45) is 3.99. The lowest BCUT2D eigenvalue weighted by atomic mass is 10.3. The number of hydrogen-bond acceptors (Lipinski definition) is 5. The molecule has 6 nitrogen and oxygen atoms in total. The van der Waals surface area contributed by atoms with Crippen LogP contribution in [0.15, 0.2) is 29.3 Å². The molecule has 6 heteroatoms. The number of nitrogens with zero attached hydrogens (tertiary/aromatic N) is 3. The fraction of sp³-hybridized carbons (Fsp3) is 0. The monoisotopic (exact) mass is 191 g/mol. The van der Waals surface area contributed by atoms with Crippen LogP contribution >= 0.6 is 0 Å². The number of carboxylic acids is 1. The summed E-state index contributed by atoms with van der Waals surface area (Å²) >= 11 is 0. The van der Waals surface area contributed by atoms with Crippen molar-refractivity contribution in [1.29, 1.82) is 0 Å². The summed E-state index contributed by atoms with van der Waals surface area (Å²) in [7, 11) is 0. The molecule has 0 aromatic carbocycles. The van der Waals surface area contributed by atoms with Crippen molar-refractivity contribution in [1.82, 2.24) is 15.0 Å². The molecule has 70 valence electrons. The third-order valence-electron chi connectivity index (χ3n) is 1.54. The minimum atomic E-state index is -1.17. The van der Waals surface area contributed by atoms with Crippen LogP contribution in [0.3, 0.4) is 0 Å². The van der Waals surface area contributed by atoms with Crippen LogP contribution in [-0.2, 0) is 0 Å². The molecule has 14 heavy (non-hydrogen) atoms. The van der Waals surface area contributed by atoms with Gasteiger partial charge in [0.15, 0.2) is 6.39 Å². The van der Waals surface area contributed by atoms with Crippen LogP contribution in [0, 0.1) is 0 Å². The fourth-order valence-electron chi connectivity index (χ4n) is 0.943. The molecule has 2 aromatic rings. The maximum Gasteiger partial charge on any atom is 0.373 e. The highest BCUT2D eigenvalue weighted by molar-refractivity contribution is 5.83. The largest absolute Gasteiger partial charge is 0.475 e. The Hall–Kier alpha value is -2.24. The van der Waals surface area contributed by atoms with Gasteiger partial charge in [-0.05, 0) is 6.07 Å². The molecular weight excluding hydrogens is 186 g/mol. The summed E-state index contributed by atoms with van der Waals surface area (Å²) in [4.78, 5) is 21.8. The van der Waals surface area contributed by atoms with E-state index in [4.69, 9.17) is 9.52 Å². The van der Waals surface area contributed by atoms with Gasteiger partial charge < -0.3 is 9.52 Å². The first-order chi connectivity index (χ1) is 6.77. The van der Waals surface area contributed by atoms with Crippen molar-refractivity contribution < 1.29 is 14.3 Å². The van der Waals surface area contributed by atoms with E-state index in [-0.39, 0.29) is 5.82 Å². The number of rotatable bonds is 2. The molecule has 0 amide bonds. The lowest BCUT2D eigenvalue weighted by molar-refractivity contribution is 0.0683. The van der Waals surface area contributed by atoms with Crippen LogP contribution in [-0.4, -0.2) is 26.0 Å². The molecule has 0 bridgehead atoms. The summed E-state index contributed by atoms with van der Waals surface area (Å²) in [5.74, 6) is -1.43. The first-order valence-electron chi connectivity index (χ1n) is 3.72. The van der Waals surface area contributed by atoms with E-state index in [0.717, 1.165) is 0 Å². The molecular formula is C8H5N3O3. The highest BCUT2D eigenvalue weighted by Gasteiger charge is 2.09. The highest BCUT2D eigenvalue weighted by atomic mass is 16.4. The SMILES string of the molecule is O=C(O)c1nccc(-c2cocn2)n1. The Morgan fingerprint density at radius 2 is 2.21 bits per heavy atom. The molecule has 0 aliphatic rings. The normalized spacial score (nSPS) is 10.0. The second-order valence-electron chi connectivity index (χ2n) is 2.44. The Balaban J connectivity index is 2.46. The van der Waals surface area contributed by atoms with Gasteiger partial charge in [-0.1, -0.05) is 0 Å². The van der Waals surface area contributed by atoms with E-state index in [1.165, 1.54) is 18.9 Å². The molecule has 0 spiro atoms. The lowest BCUT2D eigenvalue weighted by Gasteiger charge is -1.95. The Bertz CT molecular complexity index is 453. The van der Waals surface area contributed by atoms with E-state index in [0.29, 0.717) is 11.4 Å². The zero-order chi connectivity index (χ0) is 9.97. The van der Waals surface area contributed by atoms with E-state index in [1.54, 1.807) is 6.07 Å². The van der Waals surface area contributed by atoms with E-state index in [9.17, 15) is 4.79 Å². The molecule has 0 unspecified atom stereocenters. The maximum atomic E-state index is 10.6. The van der Waals surface area contributed by atoms with Crippen LogP contribution in [0.25, 0.3) is 11.4 Å². The third kappa shape index (κ3) is 1.45. The molecule has 0 saturated heterocycles. The fourth-order valence-corrected chi connectivity index (χ4v) is 0.943. The van der Waals surface area contributed by atoms with Gasteiger partial charge in [-0.2, -0.15) is 0 Å². The summed E-state index contributed by atoms with van der Waals surface area (Å²) in [6, 6.07) is 1.56. The quantitative estimate of drug-likeness (QED) is 0.756. The minimum Gasteiger partial charge on any atom is -0.475 e. The molecule has 0 aliphatic carbocycles. The Kier molecular flexibility index (Phi) is 1.94. The molecule has 2 aromatic heterocycles. The van der Waals surface area contributed by atoms with Crippen molar-refractivity contribution in [2.24, 2.45) is 0 Å². The first kappa shape index (κ1) is 8.36. The summed E-state index contributed by atoms with van der Waals surface area (Å²) in [5, 5.41) is 8.64. The second-order valence-corrected chi connectivity index (χ2v) is 2.44. The second kappa shape index (κ2) is 3.25. The summed E-state index contributed by atoms with van der Waals surface area (Å²) in [6.45, 7) is 0. The molecule has 2 heterocycles. The van der Waals surface area contributed by atoms with Crippen molar-refractivity contribution in [3.8, 4) is 11.4 Å². The molecule has 0 aliphatic heterocycles. The zero-order valence-electron chi connectivity index (χ0n) is 6.91. The number of aromatic carboxylic acids is 1. The first-order valence-corrected chi connectivity index (χ1v) is 3.72. The van der Waals surface area contributed by atoms with Crippen molar-refractivity contribution in [3.63, 3.8) is 0 Å². The van der Waals surface area contributed by atoms with E-state index >= 15 is 0 Å². The van der Waals surface area contributed by atoms with E-state index in [2.05, 4.69) is 15.0 Å². The third-order valence-corrected chi connectivity index (χ3v) is 1.54. The standard InChI is InChI=1S/C8H5N3O3/c12-8(13)7-9-2-1-5(11-7)6-3-14-4-10-6/h1-4H,(H,12,13). The smallest absolute Gasteiger partial charge is 0.373 e. The number of aromatic nitrogens is 3. The molecule has 1 N–H and O–H groups in total. The Morgan fingerprint density at radius 3 is 2.86 bits per heavy atom. The lowest BCUT2D eigenvalue weighted by Crippen LogP contribution is -2.04. The van der Waals surface area contributed by atoms with Gasteiger partial charge in [0.25, 0.3) is 0 Å². The van der Waals surface area contributed by atoms with Gasteiger partial charge in [0, 0.05) is 6.20 Å². The van der Waals surface area contributed by atoms with Crippen molar-refractivity contribution in [2.45, 2.75) is 0 Å². The van der Waals surface area contributed by atoms with E-state index < -0.39 is 5.97 Å². The molecule has 0 radical (unpaired) electrons. The van der Waals surface area contributed by atoms with Gasteiger partial charge in [0.05, 0.1) is 5.69 Å². The molecule has 0 fully saturated rings.